The number of hydrogen-bond donors (Lipinski definition) is 2. The van der Waals surface area contributed by atoms with E-state index in [1.54, 1.807) is 18.7 Å². The summed E-state index contributed by atoms with van der Waals surface area (Å²) in [6.07, 6.45) is 2.57. The van der Waals surface area contributed by atoms with Gasteiger partial charge in [0.25, 0.3) is 0 Å². The molecule has 8 heteroatoms. The van der Waals surface area contributed by atoms with E-state index >= 15 is 0 Å². The molecule has 1 aromatic rings. The fraction of sp³-hybridized carbons (Fsp3) is 0.462. The van der Waals surface area contributed by atoms with Crippen LogP contribution in [0.15, 0.2) is 21.5 Å². The molecule has 0 bridgehead atoms. The van der Waals surface area contributed by atoms with Gasteiger partial charge in [0.15, 0.2) is 0 Å². The van der Waals surface area contributed by atoms with Crippen molar-refractivity contribution in [1.82, 2.24) is 4.72 Å². The number of halogens is 1. The quantitative estimate of drug-likeness (QED) is 0.741. The molecule has 1 unspecified atom stereocenters. The van der Waals surface area contributed by atoms with Gasteiger partial charge >= 0.3 is 5.97 Å². The van der Waals surface area contributed by atoms with Crippen molar-refractivity contribution in [3.63, 3.8) is 0 Å². The highest BCUT2D eigenvalue weighted by Crippen LogP contribution is 2.25. The zero-order valence-corrected chi connectivity index (χ0v) is 15.2. The Morgan fingerprint density at radius 3 is 2.57 bits per heavy atom. The van der Waals surface area contributed by atoms with Crippen LogP contribution in [0.3, 0.4) is 0 Å². The second-order valence-corrected chi connectivity index (χ2v) is 8.04. The van der Waals surface area contributed by atoms with Crippen LogP contribution in [0.2, 0.25) is 0 Å². The molecule has 0 aromatic heterocycles. The number of rotatable bonds is 7. The van der Waals surface area contributed by atoms with E-state index < -0.39 is 16.0 Å². The van der Waals surface area contributed by atoms with Crippen LogP contribution in [-0.4, -0.2) is 37.5 Å². The van der Waals surface area contributed by atoms with Gasteiger partial charge < -0.3 is 5.11 Å². The summed E-state index contributed by atoms with van der Waals surface area (Å²) in [6.45, 7) is 3.52. The molecule has 0 amide bonds. The molecule has 0 heterocycles. The van der Waals surface area contributed by atoms with Crippen molar-refractivity contribution < 1.29 is 18.3 Å². The molecule has 0 fully saturated rings. The highest BCUT2D eigenvalue weighted by Gasteiger charge is 2.22. The molecule has 0 radical (unpaired) electrons. The van der Waals surface area contributed by atoms with Crippen molar-refractivity contribution in [1.29, 1.82) is 0 Å². The third kappa shape index (κ3) is 4.70. The van der Waals surface area contributed by atoms with E-state index in [2.05, 4.69) is 20.7 Å². The summed E-state index contributed by atoms with van der Waals surface area (Å²) in [5.74, 6) is -0.490. The van der Waals surface area contributed by atoms with Crippen LogP contribution in [-0.2, 0) is 10.0 Å². The molecular formula is C13H18BrNO4S2. The van der Waals surface area contributed by atoms with Gasteiger partial charge in [-0.25, -0.2) is 17.9 Å². The van der Waals surface area contributed by atoms with E-state index in [-0.39, 0.29) is 16.5 Å². The fourth-order valence-electron chi connectivity index (χ4n) is 1.76. The van der Waals surface area contributed by atoms with Crippen molar-refractivity contribution in [3.05, 3.63) is 27.7 Å². The van der Waals surface area contributed by atoms with Gasteiger partial charge in [-0.05, 0) is 37.3 Å². The molecule has 0 saturated carbocycles. The summed E-state index contributed by atoms with van der Waals surface area (Å²) in [5, 5.41) is 9.15. The van der Waals surface area contributed by atoms with Crippen molar-refractivity contribution in [3.8, 4) is 0 Å². The Morgan fingerprint density at radius 2 is 2.10 bits per heavy atom. The Morgan fingerprint density at radius 1 is 1.48 bits per heavy atom. The molecule has 1 atom stereocenters. The Labute approximate surface area is 137 Å². The first-order valence-electron chi connectivity index (χ1n) is 6.27. The van der Waals surface area contributed by atoms with Crippen LogP contribution < -0.4 is 4.72 Å². The molecule has 0 aliphatic rings. The van der Waals surface area contributed by atoms with Gasteiger partial charge in [0.2, 0.25) is 10.0 Å². The summed E-state index contributed by atoms with van der Waals surface area (Å²) in [6, 6.07) is 2.44. The monoisotopic (exact) mass is 395 g/mol. The molecule has 5 nitrogen and oxygen atoms in total. The van der Waals surface area contributed by atoms with Gasteiger partial charge in [-0.15, -0.1) is 0 Å². The Bertz CT molecular complexity index is 631. The first-order chi connectivity index (χ1) is 9.72. The number of benzene rings is 1. The molecular weight excluding hydrogens is 378 g/mol. The lowest BCUT2D eigenvalue weighted by molar-refractivity contribution is 0.0695. The molecule has 0 aliphatic carbocycles. The predicted molar refractivity (Wildman–Crippen MR) is 88.6 cm³/mol. The number of carbonyl (C=O) groups is 1. The van der Waals surface area contributed by atoms with Gasteiger partial charge in [0, 0.05) is 16.3 Å². The molecule has 0 aliphatic heterocycles. The minimum Gasteiger partial charge on any atom is -0.478 e. The van der Waals surface area contributed by atoms with Gasteiger partial charge in [0.05, 0.1) is 10.5 Å². The third-order valence-electron chi connectivity index (χ3n) is 3.04. The van der Waals surface area contributed by atoms with E-state index in [0.717, 1.165) is 0 Å². The maximum atomic E-state index is 12.4. The van der Waals surface area contributed by atoms with E-state index in [1.807, 2.05) is 13.2 Å². The second-order valence-electron chi connectivity index (χ2n) is 4.56. The average Bonchev–Trinajstić information content (AvgIpc) is 2.40. The minimum absolute atomic E-state index is 0.0253. The maximum Gasteiger partial charge on any atom is 0.336 e. The van der Waals surface area contributed by atoms with E-state index in [4.69, 9.17) is 5.11 Å². The lowest BCUT2D eigenvalue weighted by Crippen LogP contribution is -2.36. The molecule has 1 rings (SSSR count). The Kier molecular flexibility index (Phi) is 6.71. The largest absolute Gasteiger partial charge is 0.478 e. The van der Waals surface area contributed by atoms with Gasteiger partial charge in [0.1, 0.15) is 0 Å². The Hall–Kier alpha value is -0.570. The first-order valence-corrected chi connectivity index (χ1v) is 9.94. The number of carboxylic acid groups (broad SMARTS) is 1. The number of hydrogen-bond acceptors (Lipinski definition) is 4. The van der Waals surface area contributed by atoms with Crippen LogP contribution in [0.4, 0.5) is 0 Å². The second kappa shape index (κ2) is 7.62. The molecule has 0 saturated heterocycles. The van der Waals surface area contributed by atoms with Crippen molar-refractivity contribution >= 4 is 43.7 Å². The predicted octanol–water partition coefficient (Wildman–Crippen LogP) is 2.88. The van der Waals surface area contributed by atoms with Crippen molar-refractivity contribution in [2.45, 2.75) is 31.2 Å². The zero-order valence-electron chi connectivity index (χ0n) is 12.0. The van der Waals surface area contributed by atoms with Crippen molar-refractivity contribution in [2.24, 2.45) is 0 Å². The van der Waals surface area contributed by atoms with Gasteiger partial charge in [-0.3, -0.25) is 0 Å². The highest BCUT2D eigenvalue weighted by atomic mass is 79.9. The average molecular weight is 396 g/mol. The maximum absolute atomic E-state index is 12.4. The third-order valence-corrected chi connectivity index (χ3v) is 6.10. The number of thioether (sulfide) groups is 1. The molecule has 0 spiro atoms. The fourth-order valence-corrected chi connectivity index (χ4v) is 4.56. The smallest absolute Gasteiger partial charge is 0.336 e. The summed E-state index contributed by atoms with van der Waals surface area (Å²) in [5.41, 5.74) is 0.472. The molecule has 1 aromatic carbocycles. The van der Waals surface area contributed by atoms with Crippen LogP contribution >= 0.6 is 27.7 Å². The van der Waals surface area contributed by atoms with Crippen molar-refractivity contribution in [2.75, 3.05) is 12.0 Å². The lowest BCUT2D eigenvalue weighted by Gasteiger charge is -2.17. The molecule has 21 heavy (non-hydrogen) atoms. The SMILES string of the molecule is CCC(CSC)NS(=O)(=O)c1cc(Br)c(C)c(C(=O)O)c1. The minimum atomic E-state index is -3.75. The Balaban J connectivity index is 3.23. The summed E-state index contributed by atoms with van der Waals surface area (Å²) >= 11 is 4.77. The van der Waals surface area contributed by atoms with Crippen LogP contribution in [0.25, 0.3) is 0 Å². The molecule has 2 N–H and O–H groups in total. The van der Waals surface area contributed by atoms with E-state index in [9.17, 15) is 13.2 Å². The topological polar surface area (TPSA) is 83.5 Å². The van der Waals surface area contributed by atoms with Gasteiger partial charge in [-0.1, -0.05) is 22.9 Å². The summed E-state index contributed by atoms with van der Waals surface area (Å²) < 4.78 is 27.8. The van der Waals surface area contributed by atoms with E-state index in [0.29, 0.717) is 22.2 Å². The number of sulfonamides is 1. The number of carboxylic acids is 1. The normalized spacial score (nSPS) is 13.1. The van der Waals surface area contributed by atoms with Gasteiger partial charge in [-0.2, -0.15) is 11.8 Å². The summed E-state index contributed by atoms with van der Waals surface area (Å²) in [7, 11) is -3.75. The standard InChI is InChI=1S/C13H18BrNO4S2/c1-4-9(7-20-3)15-21(18,19)10-5-11(13(16)17)8(2)12(14)6-10/h5-6,9,15H,4,7H2,1-3H3,(H,16,17). The highest BCUT2D eigenvalue weighted by molar-refractivity contribution is 9.10. The van der Waals surface area contributed by atoms with Crippen LogP contribution in [0.5, 0.6) is 0 Å². The van der Waals surface area contributed by atoms with Crippen LogP contribution in [0, 0.1) is 6.92 Å². The zero-order chi connectivity index (χ0) is 16.2. The lowest BCUT2D eigenvalue weighted by atomic mass is 10.1. The number of nitrogens with one attached hydrogen (secondary N) is 1. The van der Waals surface area contributed by atoms with E-state index in [1.165, 1.54) is 12.1 Å². The number of aromatic carboxylic acids is 1. The summed E-state index contributed by atoms with van der Waals surface area (Å²) in [4.78, 5) is 11.2. The van der Waals surface area contributed by atoms with Crippen LogP contribution in [0.1, 0.15) is 29.3 Å². The molecule has 118 valence electrons. The first kappa shape index (κ1) is 18.5.